The molecule has 0 aliphatic carbocycles. The van der Waals surface area contributed by atoms with Crippen LogP contribution in [0.2, 0.25) is 0 Å². The molecule has 4 aromatic carbocycles. The van der Waals surface area contributed by atoms with Crippen molar-refractivity contribution in [3.05, 3.63) is 106 Å². The Labute approximate surface area is 205 Å². The average Bonchev–Trinajstić information content (AvgIpc) is 2.76. The van der Waals surface area contributed by atoms with Crippen LogP contribution < -0.4 is 34.4 Å². The Morgan fingerprint density at radius 3 is 0.969 bits per heavy atom. The van der Waals surface area contributed by atoms with Crippen molar-refractivity contribution in [1.82, 2.24) is 0 Å². The van der Waals surface area contributed by atoms with Crippen LogP contribution in [0.5, 0.6) is 0 Å². The quantitative estimate of drug-likeness (QED) is 0.150. The van der Waals surface area contributed by atoms with Crippen molar-refractivity contribution >= 4 is 66.0 Å². The first-order valence-electron chi connectivity index (χ1n) is 9.40. The second-order valence-electron chi connectivity index (χ2n) is 6.40. The van der Waals surface area contributed by atoms with Crippen molar-refractivity contribution in [1.29, 1.82) is 0 Å². The smallest absolute Gasteiger partial charge is 0.0547 e. The predicted molar refractivity (Wildman–Crippen MR) is 148 cm³/mol. The Morgan fingerprint density at radius 1 is 0.375 bits per heavy atom. The zero-order valence-corrected chi connectivity index (χ0v) is 20.6. The molecule has 0 aliphatic rings. The molecule has 0 aliphatic heterocycles. The third-order valence-electron chi connectivity index (χ3n) is 3.65. The monoisotopic (exact) mass is 558 g/mol. The standard InChI is InChI=1S/C6H4Br2.3C6H8N2/c2*7-5-1-2-6(8)4-3-5;7-5-2-1-3-6(8)4-5;7-5-3-1-2-4-6(5)8/h1-4H;3*1-4H,7-8H2. The number of hydrogen-bond donors (Lipinski definition) is 6. The van der Waals surface area contributed by atoms with Gasteiger partial charge >= 0.3 is 0 Å². The highest BCUT2D eigenvalue weighted by Gasteiger charge is 1.85. The van der Waals surface area contributed by atoms with Crippen molar-refractivity contribution in [3.63, 3.8) is 0 Å². The predicted octanol–water partition coefficient (Wildman–Crippen LogP) is 5.76. The van der Waals surface area contributed by atoms with E-state index in [1.54, 1.807) is 54.6 Å². The molecule has 0 saturated heterocycles. The summed E-state index contributed by atoms with van der Waals surface area (Å²) in [5.74, 6) is 0. The minimum absolute atomic E-state index is 0.646. The van der Waals surface area contributed by atoms with E-state index in [9.17, 15) is 0 Å². The third-order valence-corrected chi connectivity index (χ3v) is 4.70. The summed E-state index contributed by atoms with van der Waals surface area (Å²) in [6, 6.07) is 29.5. The van der Waals surface area contributed by atoms with Crippen LogP contribution in [-0.4, -0.2) is 0 Å². The number of anilines is 6. The summed E-state index contributed by atoms with van der Waals surface area (Å²) in [4.78, 5) is 0. The van der Waals surface area contributed by atoms with Gasteiger partial charge in [0.2, 0.25) is 0 Å². The Hall–Kier alpha value is -3.36. The maximum absolute atomic E-state index is 5.39. The lowest BCUT2D eigenvalue weighted by Gasteiger charge is -1.94. The number of nitrogen functional groups attached to an aromatic ring is 6. The van der Waals surface area contributed by atoms with Crippen molar-refractivity contribution in [2.75, 3.05) is 34.4 Å². The van der Waals surface area contributed by atoms with E-state index in [2.05, 4.69) is 31.9 Å². The van der Waals surface area contributed by atoms with Gasteiger partial charge in [0.05, 0.1) is 11.4 Å². The Balaban J connectivity index is 0.000000213. The molecule has 168 valence electrons. The van der Waals surface area contributed by atoms with Crippen LogP contribution in [0.4, 0.5) is 34.1 Å². The first kappa shape index (κ1) is 26.7. The number of hydrogen-bond acceptors (Lipinski definition) is 6. The SMILES string of the molecule is Brc1ccc(Br)cc1.Nc1ccc(N)cc1.Nc1cccc(N)c1.Nc1ccccc1N. The first-order valence-corrected chi connectivity index (χ1v) is 11.0. The Kier molecular flexibility index (Phi) is 12.2. The van der Waals surface area contributed by atoms with Gasteiger partial charge in [0, 0.05) is 31.7 Å². The van der Waals surface area contributed by atoms with E-state index in [-0.39, 0.29) is 0 Å². The molecule has 32 heavy (non-hydrogen) atoms. The van der Waals surface area contributed by atoms with Crippen LogP contribution in [0.15, 0.2) is 106 Å². The van der Waals surface area contributed by atoms with E-state index in [4.69, 9.17) is 34.4 Å². The minimum atomic E-state index is 0.646. The van der Waals surface area contributed by atoms with Gasteiger partial charge in [-0.3, -0.25) is 0 Å². The fraction of sp³-hybridized carbons (Fsp3) is 0. The highest BCUT2D eigenvalue weighted by molar-refractivity contribution is 9.11. The number of rotatable bonds is 0. The largest absolute Gasteiger partial charge is 0.399 e. The summed E-state index contributed by atoms with van der Waals surface area (Å²) in [6.07, 6.45) is 0. The van der Waals surface area contributed by atoms with Gasteiger partial charge in [0.1, 0.15) is 0 Å². The second-order valence-corrected chi connectivity index (χ2v) is 8.23. The highest BCUT2D eigenvalue weighted by Crippen LogP contribution is 2.14. The average molecular weight is 560 g/mol. The molecule has 0 amide bonds. The second kappa shape index (κ2) is 14.6. The van der Waals surface area contributed by atoms with E-state index in [1.165, 1.54) is 0 Å². The number of halogens is 2. The van der Waals surface area contributed by atoms with E-state index >= 15 is 0 Å². The van der Waals surface area contributed by atoms with Crippen molar-refractivity contribution in [3.8, 4) is 0 Å². The molecule has 0 radical (unpaired) electrons. The van der Waals surface area contributed by atoms with Gasteiger partial charge in [0.25, 0.3) is 0 Å². The summed E-state index contributed by atoms with van der Waals surface area (Å²) >= 11 is 6.65. The molecule has 0 bridgehead atoms. The maximum atomic E-state index is 5.39. The first-order chi connectivity index (χ1) is 15.2. The van der Waals surface area contributed by atoms with E-state index < -0.39 is 0 Å². The molecule has 8 heteroatoms. The Morgan fingerprint density at radius 2 is 0.719 bits per heavy atom. The Bertz CT molecular complexity index is 931. The summed E-state index contributed by atoms with van der Waals surface area (Å²) in [5, 5.41) is 0. The molecule has 0 heterocycles. The van der Waals surface area contributed by atoms with Crippen LogP contribution in [0.1, 0.15) is 0 Å². The van der Waals surface area contributed by atoms with Crippen LogP contribution in [0.25, 0.3) is 0 Å². The van der Waals surface area contributed by atoms with Gasteiger partial charge in [-0.1, -0.05) is 50.1 Å². The normalized spacial score (nSPS) is 9.06. The lowest BCUT2D eigenvalue weighted by molar-refractivity contribution is 1.61. The number of benzene rings is 4. The fourth-order valence-electron chi connectivity index (χ4n) is 2.00. The van der Waals surface area contributed by atoms with Gasteiger partial charge in [0.15, 0.2) is 0 Å². The summed E-state index contributed by atoms with van der Waals surface area (Å²) in [7, 11) is 0. The van der Waals surface area contributed by atoms with Gasteiger partial charge in [-0.2, -0.15) is 0 Å². The zero-order valence-electron chi connectivity index (χ0n) is 17.5. The highest BCUT2D eigenvalue weighted by atomic mass is 79.9. The molecular formula is C24H28Br2N6. The number of nitrogens with two attached hydrogens (primary N) is 6. The molecule has 4 rings (SSSR count). The van der Waals surface area contributed by atoms with Crippen molar-refractivity contribution in [2.24, 2.45) is 0 Å². The topological polar surface area (TPSA) is 156 Å². The maximum Gasteiger partial charge on any atom is 0.0547 e. The molecule has 0 atom stereocenters. The molecule has 6 nitrogen and oxygen atoms in total. The molecular weight excluding hydrogens is 532 g/mol. The van der Waals surface area contributed by atoms with Crippen molar-refractivity contribution in [2.45, 2.75) is 0 Å². The zero-order chi connectivity index (χ0) is 23.9. The molecule has 0 saturated carbocycles. The van der Waals surface area contributed by atoms with Crippen LogP contribution in [-0.2, 0) is 0 Å². The molecule has 4 aromatic rings. The summed E-state index contributed by atoms with van der Waals surface area (Å²) in [6.45, 7) is 0. The fourth-order valence-corrected chi connectivity index (χ4v) is 2.52. The van der Waals surface area contributed by atoms with Crippen LogP contribution in [0.3, 0.4) is 0 Å². The molecule has 0 spiro atoms. The molecule has 0 unspecified atom stereocenters. The van der Waals surface area contributed by atoms with E-state index in [0.29, 0.717) is 22.7 Å². The summed E-state index contributed by atoms with van der Waals surface area (Å²) in [5.41, 5.74) is 36.5. The number of para-hydroxylation sites is 2. The van der Waals surface area contributed by atoms with E-state index in [0.717, 1.165) is 20.3 Å². The van der Waals surface area contributed by atoms with Gasteiger partial charge in [-0.25, -0.2) is 0 Å². The third kappa shape index (κ3) is 12.4. The molecule has 0 aromatic heterocycles. The van der Waals surface area contributed by atoms with E-state index in [1.807, 2.05) is 42.5 Å². The van der Waals surface area contributed by atoms with Crippen molar-refractivity contribution < 1.29 is 0 Å². The van der Waals surface area contributed by atoms with Gasteiger partial charge in [-0.15, -0.1) is 0 Å². The lowest BCUT2D eigenvalue weighted by atomic mass is 10.3. The van der Waals surface area contributed by atoms with Gasteiger partial charge in [-0.05, 0) is 78.9 Å². The molecule has 0 fully saturated rings. The van der Waals surface area contributed by atoms with Gasteiger partial charge < -0.3 is 34.4 Å². The minimum Gasteiger partial charge on any atom is -0.399 e. The molecule has 12 N–H and O–H groups in total. The van der Waals surface area contributed by atoms with Crippen LogP contribution >= 0.6 is 31.9 Å². The van der Waals surface area contributed by atoms with Crippen LogP contribution in [0, 0.1) is 0 Å². The lowest BCUT2D eigenvalue weighted by Crippen LogP contribution is -1.91. The summed E-state index contributed by atoms with van der Waals surface area (Å²) < 4.78 is 2.22.